The molecular weight excluding hydrogens is 463 g/mol. The Labute approximate surface area is 207 Å². The van der Waals surface area contributed by atoms with E-state index in [0.717, 1.165) is 38.5 Å². The van der Waals surface area contributed by atoms with E-state index in [-0.39, 0.29) is 34.5 Å². The van der Waals surface area contributed by atoms with Crippen LogP contribution in [0, 0.1) is 34.5 Å². The summed E-state index contributed by atoms with van der Waals surface area (Å²) in [6, 6.07) is 0. The smallest absolute Gasteiger partial charge is 0.278 e. The molecule has 8 nitrogen and oxygen atoms in total. The standard InChI is InChI=1S/C21H30O3.C5H5N4OP/c1-12(22)16-6-7-17-15-5-4-13-10-14(23)11-19(24)21(13,3)18(15)8-9-20(16,17)2;10-5-3-4(6-1-7-5)9(11)2-8-3/h10,15-19,24H,4-9,11H2,1-3H3;1-2H,11H2,(H,6,7,10)/t15-,16+,17-,18-,19?,20+,21-;/m0./s1. The first-order valence-corrected chi connectivity index (χ1v) is 13.2. The predicted octanol–water partition coefficient (Wildman–Crippen LogP) is 3.45. The van der Waals surface area contributed by atoms with Gasteiger partial charge in [-0.05, 0) is 84.1 Å². The Morgan fingerprint density at radius 2 is 1.94 bits per heavy atom. The van der Waals surface area contributed by atoms with Crippen molar-refractivity contribution in [2.45, 2.75) is 71.8 Å². The van der Waals surface area contributed by atoms with E-state index in [0.29, 0.717) is 34.7 Å². The molecular formula is C26H35N4O4P. The van der Waals surface area contributed by atoms with Gasteiger partial charge in [-0.1, -0.05) is 19.4 Å². The molecule has 0 spiro atoms. The highest BCUT2D eigenvalue weighted by atomic mass is 31.0. The van der Waals surface area contributed by atoms with Gasteiger partial charge in [0.05, 0.1) is 12.4 Å². The van der Waals surface area contributed by atoms with Crippen LogP contribution in [0.15, 0.2) is 29.1 Å². The van der Waals surface area contributed by atoms with Gasteiger partial charge in [0, 0.05) is 17.8 Å². The van der Waals surface area contributed by atoms with Gasteiger partial charge in [-0.3, -0.25) is 18.7 Å². The molecule has 3 saturated carbocycles. The lowest BCUT2D eigenvalue weighted by Gasteiger charge is -2.59. The number of aromatic amines is 1. The van der Waals surface area contributed by atoms with Crippen LogP contribution < -0.4 is 5.56 Å². The van der Waals surface area contributed by atoms with Crippen LogP contribution in [0.4, 0.5) is 0 Å². The normalized spacial score (nSPS) is 38.0. The predicted molar refractivity (Wildman–Crippen MR) is 136 cm³/mol. The maximum absolute atomic E-state index is 12.2. The monoisotopic (exact) mass is 498 g/mol. The van der Waals surface area contributed by atoms with Crippen molar-refractivity contribution in [3.8, 4) is 0 Å². The second-order valence-electron chi connectivity index (χ2n) is 11.4. The van der Waals surface area contributed by atoms with Gasteiger partial charge >= 0.3 is 0 Å². The Morgan fingerprint density at radius 1 is 1.17 bits per heavy atom. The number of fused-ring (bicyclic) bond motifs is 6. The van der Waals surface area contributed by atoms with Crippen molar-refractivity contribution >= 4 is 32.1 Å². The van der Waals surface area contributed by atoms with Crippen molar-refractivity contribution in [3.05, 3.63) is 34.7 Å². The summed E-state index contributed by atoms with van der Waals surface area (Å²) in [7, 11) is 2.39. The van der Waals surface area contributed by atoms with E-state index < -0.39 is 6.10 Å². The number of nitrogens with zero attached hydrogens (tertiary/aromatic N) is 3. The molecule has 6 rings (SSSR count). The summed E-state index contributed by atoms with van der Waals surface area (Å²) in [6.07, 6.45) is 10.9. The van der Waals surface area contributed by atoms with Gasteiger partial charge in [0.1, 0.15) is 12.1 Å². The van der Waals surface area contributed by atoms with E-state index in [2.05, 4.69) is 38.2 Å². The van der Waals surface area contributed by atoms with Gasteiger partial charge in [0.15, 0.2) is 16.9 Å². The average molecular weight is 499 g/mol. The van der Waals surface area contributed by atoms with E-state index in [1.807, 2.05) is 6.08 Å². The number of aliphatic hydroxyl groups excluding tert-OH is 1. The fourth-order valence-electron chi connectivity index (χ4n) is 8.14. The van der Waals surface area contributed by atoms with Crippen LogP contribution in [-0.4, -0.2) is 42.1 Å². The Balaban J connectivity index is 0.000000192. The van der Waals surface area contributed by atoms with Gasteiger partial charge in [-0.15, -0.1) is 0 Å². The minimum Gasteiger partial charge on any atom is -0.392 e. The number of hydrogen-bond donors (Lipinski definition) is 2. The SMILES string of the molecule is CC(=O)[C@H]1CC[C@H]2[C@@H]3CCC4=CC(=O)CC(O)[C@]4(C)[C@H]3CC[C@]12C.O=c1[nH]cnc2c1ncn2P. The van der Waals surface area contributed by atoms with Crippen LogP contribution in [0.1, 0.15) is 65.7 Å². The molecule has 0 aliphatic heterocycles. The first-order valence-electron chi connectivity index (χ1n) is 12.7. The summed E-state index contributed by atoms with van der Waals surface area (Å²) >= 11 is 0. The molecule has 2 N–H and O–H groups in total. The molecule has 0 radical (unpaired) electrons. The zero-order valence-electron chi connectivity index (χ0n) is 20.7. The van der Waals surface area contributed by atoms with E-state index in [4.69, 9.17) is 0 Å². The summed E-state index contributed by atoms with van der Waals surface area (Å²) in [4.78, 5) is 45.3. The number of aliphatic hydroxyl groups is 1. The summed E-state index contributed by atoms with van der Waals surface area (Å²) in [5, 5.41) is 10.8. The number of hydrogen-bond acceptors (Lipinski definition) is 6. The van der Waals surface area contributed by atoms with Crippen molar-refractivity contribution < 1.29 is 14.7 Å². The third-order valence-corrected chi connectivity index (χ3v) is 10.3. The fraction of sp³-hybridized carbons (Fsp3) is 0.654. The number of imidazole rings is 1. The van der Waals surface area contributed by atoms with Gasteiger partial charge in [-0.25, -0.2) is 9.97 Å². The number of H-pyrrole nitrogens is 1. The van der Waals surface area contributed by atoms with Crippen LogP contribution in [0.2, 0.25) is 0 Å². The zero-order chi connectivity index (χ0) is 25.1. The lowest BCUT2D eigenvalue weighted by atomic mass is 9.46. The Bertz CT molecular complexity index is 1270. The van der Waals surface area contributed by atoms with Gasteiger partial charge < -0.3 is 10.1 Å². The van der Waals surface area contributed by atoms with Crippen LogP contribution in [0.25, 0.3) is 11.2 Å². The molecule has 9 heteroatoms. The highest BCUT2D eigenvalue weighted by molar-refractivity contribution is 7.14. The highest BCUT2D eigenvalue weighted by Crippen LogP contribution is 2.66. The Morgan fingerprint density at radius 3 is 2.66 bits per heavy atom. The molecule has 0 aromatic carbocycles. The van der Waals surface area contributed by atoms with Crippen LogP contribution in [0.3, 0.4) is 0 Å². The molecule has 3 fully saturated rings. The molecule has 8 atom stereocenters. The molecule has 0 bridgehead atoms. The minimum absolute atomic E-state index is 0.0894. The number of aromatic nitrogens is 4. The van der Waals surface area contributed by atoms with E-state index in [1.54, 1.807) is 11.3 Å². The van der Waals surface area contributed by atoms with Crippen molar-refractivity contribution in [3.63, 3.8) is 0 Å². The minimum atomic E-state index is -0.535. The molecule has 0 amide bonds. The second kappa shape index (κ2) is 8.74. The van der Waals surface area contributed by atoms with Crippen molar-refractivity contribution in [2.75, 3.05) is 0 Å². The van der Waals surface area contributed by atoms with Crippen molar-refractivity contribution in [1.29, 1.82) is 0 Å². The summed E-state index contributed by atoms with van der Waals surface area (Å²) in [5.74, 6) is 2.35. The fourth-order valence-corrected chi connectivity index (χ4v) is 8.40. The van der Waals surface area contributed by atoms with Crippen molar-refractivity contribution in [2.24, 2.45) is 34.5 Å². The first-order chi connectivity index (χ1) is 16.6. The lowest BCUT2D eigenvalue weighted by molar-refractivity contribution is -0.134. The topological polar surface area (TPSA) is 118 Å². The van der Waals surface area contributed by atoms with E-state index in [9.17, 15) is 19.5 Å². The molecule has 2 heterocycles. The molecule has 2 aromatic heterocycles. The van der Waals surface area contributed by atoms with E-state index >= 15 is 0 Å². The number of rotatable bonds is 1. The number of carbonyl (C=O) groups excluding carboxylic acids is 2. The average Bonchev–Trinajstić information content (AvgIpc) is 3.36. The van der Waals surface area contributed by atoms with Crippen LogP contribution >= 0.6 is 9.39 Å². The maximum Gasteiger partial charge on any atom is 0.278 e. The highest BCUT2D eigenvalue weighted by Gasteiger charge is 2.61. The second-order valence-corrected chi connectivity index (χ2v) is 12.0. The lowest BCUT2D eigenvalue weighted by Crippen LogP contribution is -2.55. The van der Waals surface area contributed by atoms with Gasteiger partial charge in [0.25, 0.3) is 5.56 Å². The summed E-state index contributed by atoms with van der Waals surface area (Å²) in [6.45, 7) is 6.32. The Hall–Kier alpha value is -2.18. The summed E-state index contributed by atoms with van der Waals surface area (Å²) < 4.78 is 1.62. The number of ketones is 2. The molecule has 2 aromatic rings. The largest absolute Gasteiger partial charge is 0.392 e. The van der Waals surface area contributed by atoms with Crippen LogP contribution in [-0.2, 0) is 9.59 Å². The molecule has 188 valence electrons. The third kappa shape index (κ3) is 3.75. The maximum atomic E-state index is 12.2. The summed E-state index contributed by atoms with van der Waals surface area (Å²) in [5.41, 5.74) is 1.83. The zero-order valence-corrected chi connectivity index (χ0v) is 21.8. The van der Waals surface area contributed by atoms with E-state index in [1.165, 1.54) is 18.2 Å². The third-order valence-electron chi connectivity index (χ3n) is 9.92. The number of nitrogens with one attached hydrogen (secondary N) is 1. The molecule has 4 aliphatic carbocycles. The molecule has 0 saturated heterocycles. The molecule has 35 heavy (non-hydrogen) atoms. The van der Waals surface area contributed by atoms with Gasteiger partial charge in [-0.2, -0.15) is 0 Å². The van der Waals surface area contributed by atoms with Crippen LogP contribution in [0.5, 0.6) is 0 Å². The number of Topliss-reactive ketones (excluding diaryl/α,β-unsaturated/α-hetero) is 1. The molecule has 4 aliphatic rings. The molecule has 2 unspecified atom stereocenters. The van der Waals surface area contributed by atoms with Crippen molar-refractivity contribution in [1.82, 2.24) is 19.3 Å². The quantitative estimate of drug-likeness (QED) is 0.582. The number of carbonyl (C=O) groups is 2. The van der Waals surface area contributed by atoms with Gasteiger partial charge in [0.2, 0.25) is 0 Å². The Kier molecular flexibility index (Phi) is 6.12. The first kappa shape index (κ1) is 24.5.